The van der Waals surface area contributed by atoms with Gasteiger partial charge in [-0.3, -0.25) is 0 Å². The van der Waals surface area contributed by atoms with E-state index < -0.39 is 0 Å². The van der Waals surface area contributed by atoms with Gasteiger partial charge in [0, 0.05) is 30.1 Å². The number of hydrogen-bond acceptors (Lipinski definition) is 2. The lowest BCUT2D eigenvalue weighted by Gasteiger charge is -2.14. The Morgan fingerprint density at radius 1 is 1.39 bits per heavy atom. The van der Waals surface area contributed by atoms with Gasteiger partial charge < -0.3 is 5.32 Å². The molecule has 1 aromatic heterocycles. The fraction of sp³-hybridized carbons (Fsp3) is 0.357. The van der Waals surface area contributed by atoms with E-state index in [2.05, 4.69) is 29.5 Å². The first-order chi connectivity index (χ1) is 8.75. The Morgan fingerprint density at radius 2 is 2.22 bits per heavy atom. The van der Waals surface area contributed by atoms with Gasteiger partial charge in [-0.25, -0.2) is 4.68 Å². The fourth-order valence-corrected chi connectivity index (χ4v) is 2.69. The molecule has 0 amide bonds. The highest BCUT2D eigenvalue weighted by atomic mass is 35.5. The van der Waals surface area contributed by atoms with Crippen LogP contribution in [-0.4, -0.2) is 16.3 Å². The molecule has 1 aliphatic rings. The summed E-state index contributed by atoms with van der Waals surface area (Å²) in [6, 6.07) is 10.1. The second-order valence-corrected chi connectivity index (χ2v) is 5.11. The van der Waals surface area contributed by atoms with Crippen LogP contribution in [-0.2, 0) is 6.54 Å². The third-order valence-electron chi connectivity index (χ3n) is 3.47. The molecule has 0 radical (unpaired) electrons. The van der Waals surface area contributed by atoms with Gasteiger partial charge in [0.05, 0.1) is 5.69 Å². The number of hydrogen-bond donors (Lipinski definition) is 1. The molecular formula is C14H16ClN3. The molecule has 0 fully saturated rings. The first-order valence-corrected chi connectivity index (χ1v) is 6.69. The van der Waals surface area contributed by atoms with Gasteiger partial charge in [0.15, 0.2) is 0 Å². The van der Waals surface area contributed by atoms with Crippen molar-refractivity contribution in [2.75, 3.05) is 11.9 Å². The van der Waals surface area contributed by atoms with E-state index >= 15 is 0 Å². The lowest BCUT2D eigenvalue weighted by Crippen LogP contribution is -2.17. The molecule has 2 aromatic rings. The third kappa shape index (κ3) is 1.99. The molecule has 2 heterocycles. The number of nitrogens with zero attached hydrogens (tertiary/aromatic N) is 2. The second kappa shape index (κ2) is 4.65. The number of halogens is 1. The number of aromatic nitrogens is 2. The van der Waals surface area contributed by atoms with E-state index in [0.29, 0.717) is 0 Å². The maximum absolute atomic E-state index is 6.25. The molecule has 0 aliphatic carbocycles. The van der Waals surface area contributed by atoms with E-state index in [1.807, 2.05) is 22.9 Å². The molecule has 0 saturated heterocycles. The minimum absolute atomic E-state index is 0.221. The highest BCUT2D eigenvalue weighted by Gasteiger charge is 2.18. The van der Waals surface area contributed by atoms with Crippen molar-refractivity contribution in [2.45, 2.75) is 25.8 Å². The molecule has 0 bridgehead atoms. The van der Waals surface area contributed by atoms with Crippen LogP contribution in [0.1, 0.15) is 30.5 Å². The minimum Gasteiger partial charge on any atom is -0.370 e. The summed E-state index contributed by atoms with van der Waals surface area (Å²) in [6.45, 7) is 4.18. The Bertz CT molecular complexity index is 538. The highest BCUT2D eigenvalue weighted by Crippen LogP contribution is 2.30. The molecule has 0 saturated carbocycles. The van der Waals surface area contributed by atoms with Crippen LogP contribution >= 0.6 is 11.6 Å². The van der Waals surface area contributed by atoms with Crippen molar-refractivity contribution in [2.24, 2.45) is 0 Å². The van der Waals surface area contributed by atoms with Crippen LogP contribution in [0.3, 0.4) is 0 Å². The Balaban J connectivity index is 1.95. The van der Waals surface area contributed by atoms with Crippen molar-refractivity contribution in [3.8, 4) is 0 Å². The van der Waals surface area contributed by atoms with Gasteiger partial charge in [0.25, 0.3) is 0 Å². The molecule has 1 atom stereocenters. The molecule has 1 aromatic carbocycles. The number of benzene rings is 1. The van der Waals surface area contributed by atoms with Crippen molar-refractivity contribution in [3.05, 3.63) is 46.6 Å². The van der Waals surface area contributed by atoms with Crippen molar-refractivity contribution >= 4 is 17.4 Å². The lowest BCUT2D eigenvalue weighted by molar-refractivity contribution is 0.559. The Morgan fingerprint density at radius 3 is 3.00 bits per heavy atom. The molecule has 18 heavy (non-hydrogen) atoms. The maximum Gasteiger partial charge on any atom is 0.124 e. The van der Waals surface area contributed by atoms with E-state index in [4.69, 9.17) is 11.6 Å². The summed E-state index contributed by atoms with van der Waals surface area (Å²) < 4.78 is 2.05. The summed E-state index contributed by atoms with van der Waals surface area (Å²) in [7, 11) is 0. The van der Waals surface area contributed by atoms with E-state index in [-0.39, 0.29) is 5.92 Å². The molecule has 1 N–H and O–H groups in total. The van der Waals surface area contributed by atoms with Crippen LogP contribution in [0, 0.1) is 0 Å². The minimum atomic E-state index is 0.221. The Hall–Kier alpha value is -1.48. The number of rotatable bonds is 2. The smallest absolute Gasteiger partial charge is 0.124 e. The lowest BCUT2D eigenvalue weighted by atomic mass is 9.98. The first-order valence-electron chi connectivity index (χ1n) is 6.32. The standard InChI is InChI=1S/C14H16ClN3/c1-10(11-5-2-3-6-12(11)15)13-9-14-16-7-4-8-18(14)17-13/h2-3,5-6,9-10,16H,4,7-8H2,1H3. The zero-order chi connectivity index (χ0) is 12.5. The molecule has 94 valence electrons. The number of fused-ring (bicyclic) bond motifs is 1. The molecule has 0 spiro atoms. The average molecular weight is 262 g/mol. The topological polar surface area (TPSA) is 29.9 Å². The Labute approximate surface area is 112 Å². The van der Waals surface area contributed by atoms with Crippen LogP contribution < -0.4 is 5.32 Å². The number of nitrogens with one attached hydrogen (secondary N) is 1. The molecule has 1 aliphatic heterocycles. The molecule has 4 heteroatoms. The van der Waals surface area contributed by atoms with E-state index in [9.17, 15) is 0 Å². The van der Waals surface area contributed by atoms with Crippen molar-refractivity contribution in [3.63, 3.8) is 0 Å². The summed E-state index contributed by atoms with van der Waals surface area (Å²) in [4.78, 5) is 0. The zero-order valence-electron chi connectivity index (χ0n) is 10.4. The van der Waals surface area contributed by atoms with Gasteiger partial charge in [-0.15, -0.1) is 0 Å². The predicted octanol–water partition coefficient (Wildman–Crippen LogP) is 3.50. The van der Waals surface area contributed by atoms with Gasteiger partial charge in [-0.2, -0.15) is 5.10 Å². The summed E-state index contributed by atoms with van der Waals surface area (Å²) in [5.74, 6) is 1.34. The van der Waals surface area contributed by atoms with Gasteiger partial charge in [0.1, 0.15) is 5.82 Å². The number of anilines is 1. The van der Waals surface area contributed by atoms with Gasteiger partial charge >= 0.3 is 0 Å². The van der Waals surface area contributed by atoms with Gasteiger partial charge in [-0.05, 0) is 18.1 Å². The molecule has 3 nitrogen and oxygen atoms in total. The monoisotopic (exact) mass is 261 g/mol. The molecule has 1 unspecified atom stereocenters. The van der Waals surface area contributed by atoms with Crippen molar-refractivity contribution in [1.82, 2.24) is 9.78 Å². The van der Waals surface area contributed by atoms with Crippen LogP contribution in [0.4, 0.5) is 5.82 Å². The van der Waals surface area contributed by atoms with Gasteiger partial charge in [-0.1, -0.05) is 36.7 Å². The van der Waals surface area contributed by atoms with E-state index in [0.717, 1.165) is 41.6 Å². The highest BCUT2D eigenvalue weighted by molar-refractivity contribution is 6.31. The zero-order valence-corrected chi connectivity index (χ0v) is 11.1. The molecule has 3 rings (SSSR count). The number of aryl methyl sites for hydroxylation is 1. The summed E-state index contributed by atoms with van der Waals surface area (Å²) in [5, 5.41) is 8.84. The van der Waals surface area contributed by atoms with Crippen LogP contribution in [0.5, 0.6) is 0 Å². The fourth-order valence-electron chi connectivity index (χ4n) is 2.39. The van der Waals surface area contributed by atoms with E-state index in [1.54, 1.807) is 0 Å². The molecular weight excluding hydrogens is 246 g/mol. The van der Waals surface area contributed by atoms with Gasteiger partial charge in [0.2, 0.25) is 0 Å². The predicted molar refractivity (Wildman–Crippen MR) is 74.3 cm³/mol. The van der Waals surface area contributed by atoms with Crippen LogP contribution in [0.2, 0.25) is 5.02 Å². The summed E-state index contributed by atoms with van der Waals surface area (Å²) in [5.41, 5.74) is 2.21. The first kappa shape index (κ1) is 11.6. The largest absolute Gasteiger partial charge is 0.370 e. The van der Waals surface area contributed by atoms with Crippen LogP contribution in [0.25, 0.3) is 0 Å². The SMILES string of the molecule is CC(c1cc2n(n1)CCCN2)c1ccccc1Cl. The second-order valence-electron chi connectivity index (χ2n) is 4.70. The van der Waals surface area contributed by atoms with Crippen molar-refractivity contribution < 1.29 is 0 Å². The Kier molecular flexibility index (Phi) is 3.00. The average Bonchev–Trinajstić information content (AvgIpc) is 2.82. The third-order valence-corrected chi connectivity index (χ3v) is 3.81. The normalized spacial score (nSPS) is 15.9. The summed E-state index contributed by atoms with van der Waals surface area (Å²) in [6.07, 6.45) is 1.13. The summed E-state index contributed by atoms with van der Waals surface area (Å²) >= 11 is 6.25. The van der Waals surface area contributed by atoms with Crippen LogP contribution in [0.15, 0.2) is 30.3 Å². The maximum atomic E-state index is 6.25. The van der Waals surface area contributed by atoms with E-state index in [1.165, 1.54) is 0 Å². The quantitative estimate of drug-likeness (QED) is 0.897. The van der Waals surface area contributed by atoms with Crippen molar-refractivity contribution in [1.29, 1.82) is 0 Å².